The maximum absolute atomic E-state index is 12.9. The minimum atomic E-state index is -4.76. The summed E-state index contributed by atoms with van der Waals surface area (Å²) in [6.45, 7) is 7.99. The van der Waals surface area contributed by atoms with Crippen LogP contribution in [-0.2, 0) is 4.74 Å². The summed E-state index contributed by atoms with van der Waals surface area (Å²) in [6.07, 6.45) is -5.48. The molecular weight excluding hydrogens is 373 g/mol. The third-order valence-corrected chi connectivity index (χ3v) is 2.64. The van der Waals surface area contributed by atoms with Gasteiger partial charge >= 0.3 is 12.3 Å². The number of carbonyl (C=O) groups excluding carboxylic acids is 1. The van der Waals surface area contributed by atoms with Crippen LogP contribution in [-0.4, -0.2) is 29.0 Å². The summed E-state index contributed by atoms with van der Waals surface area (Å²) in [4.78, 5) is 18.9. The van der Waals surface area contributed by atoms with Crippen molar-refractivity contribution in [1.29, 1.82) is 0 Å². The van der Waals surface area contributed by atoms with Gasteiger partial charge in [0.15, 0.2) is 11.1 Å². The molecule has 0 aromatic heterocycles. The number of amides is 1. The first-order valence-electron chi connectivity index (χ1n) is 7.23. The Bertz CT molecular complexity index is 749. The molecule has 0 unspecified atom stereocenters. The fourth-order valence-electron chi connectivity index (χ4n) is 1.58. The molecule has 0 saturated heterocycles. The van der Waals surface area contributed by atoms with E-state index in [1.807, 2.05) is 0 Å². The standard InChI is InChI=1S/C16H18ClF3N4O2/c1-9(16(18,19)20)12(24-13(17)21)22-10-6-5-7-11(8-10)23-14(25)26-15(2,3)4/h5-8H,1H2,2-4H3,(H,23,25)(H2,21,22,24). The summed E-state index contributed by atoms with van der Waals surface area (Å²) >= 11 is 5.36. The number of alkyl halides is 3. The lowest BCUT2D eigenvalue weighted by Crippen LogP contribution is -2.27. The number of anilines is 1. The van der Waals surface area contributed by atoms with Crippen LogP contribution < -0.4 is 11.1 Å². The summed E-state index contributed by atoms with van der Waals surface area (Å²) in [6, 6.07) is 5.73. The van der Waals surface area contributed by atoms with Crippen LogP contribution in [0.2, 0.25) is 0 Å². The number of benzene rings is 1. The van der Waals surface area contributed by atoms with Crippen molar-refractivity contribution < 1.29 is 22.7 Å². The lowest BCUT2D eigenvalue weighted by atomic mass is 10.2. The predicted molar refractivity (Wildman–Crippen MR) is 96.1 cm³/mol. The lowest BCUT2D eigenvalue weighted by Gasteiger charge is -2.19. The molecule has 0 aliphatic heterocycles. The molecule has 0 bridgehead atoms. The van der Waals surface area contributed by atoms with Gasteiger partial charge in [0.05, 0.1) is 11.3 Å². The number of carbonyl (C=O) groups is 1. The zero-order valence-corrected chi connectivity index (χ0v) is 15.1. The number of rotatable bonds is 3. The maximum Gasteiger partial charge on any atom is 0.419 e. The number of nitrogens with two attached hydrogens (primary N) is 1. The zero-order valence-electron chi connectivity index (χ0n) is 14.3. The molecule has 1 aromatic carbocycles. The van der Waals surface area contributed by atoms with Crippen molar-refractivity contribution in [2.45, 2.75) is 32.5 Å². The second-order valence-electron chi connectivity index (χ2n) is 6.02. The number of nitrogens with zero attached hydrogens (tertiary/aromatic N) is 2. The molecule has 26 heavy (non-hydrogen) atoms. The molecule has 0 aliphatic rings. The highest BCUT2D eigenvalue weighted by Gasteiger charge is 2.35. The van der Waals surface area contributed by atoms with Gasteiger partial charge in [-0.1, -0.05) is 12.6 Å². The summed E-state index contributed by atoms with van der Waals surface area (Å²) in [5.74, 6) is -0.792. The van der Waals surface area contributed by atoms with E-state index in [-0.39, 0.29) is 11.4 Å². The van der Waals surface area contributed by atoms with Crippen LogP contribution in [0.5, 0.6) is 0 Å². The van der Waals surface area contributed by atoms with E-state index in [9.17, 15) is 18.0 Å². The van der Waals surface area contributed by atoms with E-state index in [0.29, 0.717) is 0 Å². The van der Waals surface area contributed by atoms with Crippen molar-refractivity contribution in [3.05, 3.63) is 36.4 Å². The molecule has 0 fully saturated rings. The van der Waals surface area contributed by atoms with Crippen molar-refractivity contribution in [2.75, 3.05) is 5.32 Å². The summed E-state index contributed by atoms with van der Waals surface area (Å²) in [5.41, 5.74) is 3.45. The average Bonchev–Trinajstić information content (AvgIpc) is 2.42. The average molecular weight is 391 g/mol. The Labute approximate surface area is 153 Å². The second-order valence-corrected chi connectivity index (χ2v) is 6.41. The van der Waals surface area contributed by atoms with Gasteiger partial charge in [-0.15, -0.1) is 0 Å². The number of hydrogen-bond donors (Lipinski definition) is 2. The van der Waals surface area contributed by atoms with Gasteiger partial charge in [0, 0.05) is 5.69 Å². The fourth-order valence-corrected chi connectivity index (χ4v) is 1.66. The molecule has 142 valence electrons. The van der Waals surface area contributed by atoms with Crippen LogP contribution >= 0.6 is 11.6 Å². The number of nitrogens with one attached hydrogen (secondary N) is 1. The molecule has 1 rings (SSSR count). The Balaban J connectivity index is 3.14. The van der Waals surface area contributed by atoms with Crippen LogP contribution in [0, 0.1) is 0 Å². The number of ether oxygens (including phenoxy) is 1. The van der Waals surface area contributed by atoms with Crippen molar-refractivity contribution in [2.24, 2.45) is 15.7 Å². The monoisotopic (exact) mass is 390 g/mol. The quantitative estimate of drug-likeness (QED) is 0.444. The molecule has 0 saturated carbocycles. The molecular formula is C16H18ClF3N4O2. The molecule has 0 aliphatic carbocycles. The molecule has 6 nitrogen and oxygen atoms in total. The van der Waals surface area contributed by atoms with Gasteiger partial charge in [-0.25, -0.2) is 9.79 Å². The first kappa shape index (κ1) is 21.5. The van der Waals surface area contributed by atoms with E-state index in [0.717, 1.165) is 0 Å². The Morgan fingerprint density at radius 3 is 2.42 bits per heavy atom. The lowest BCUT2D eigenvalue weighted by molar-refractivity contribution is -0.0857. The van der Waals surface area contributed by atoms with E-state index >= 15 is 0 Å². The molecule has 1 aromatic rings. The molecule has 10 heteroatoms. The minimum Gasteiger partial charge on any atom is -0.444 e. The van der Waals surface area contributed by atoms with E-state index in [1.165, 1.54) is 24.3 Å². The van der Waals surface area contributed by atoms with Crippen LogP contribution in [0.3, 0.4) is 0 Å². The highest BCUT2D eigenvalue weighted by atomic mass is 35.5. The number of halogens is 4. The molecule has 0 heterocycles. The van der Waals surface area contributed by atoms with E-state index < -0.39 is 34.6 Å². The molecule has 1 amide bonds. The smallest absolute Gasteiger partial charge is 0.419 e. The highest BCUT2D eigenvalue weighted by molar-refractivity contribution is 6.65. The third-order valence-electron chi connectivity index (χ3n) is 2.55. The molecule has 0 radical (unpaired) electrons. The van der Waals surface area contributed by atoms with Gasteiger partial charge in [-0.3, -0.25) is 5.32 Å². The van der Waals surface area contributed by atoms with Crippen molar-refractivity contribution in [3.63, 3.8) is 0 Å². The normalized spacial score (nSPS) is 13.3. The Morgan fingerprint density at radius 1 is 1.31 bits per heavy atom. The maximum atomic E-state index is 12.9. The SMILES string of the molecule is C=C(C(N=C(N)Cl)=Nc1cccc(NC(=O)OC(C)(C)C)c1)C(F)(F)F. The summed E-state index contributed by atoms with van der Waals surface area (Å²) in [7, 11) is 0. The molecule has 0 atom stereocenters. The molecule has 3 N–H and O–H groups in total. The van der Waals surface area contributed by atoms with Gasteiger partial charge in [-0.2, -0.15) is 18.2 Å². The third kappa shape index (κ3) is 7.56. The topological polar surface area (TPSA) is 89.1 Å². The molecule has 0 spiro atoms. The predicted octanol–water partition coefficient (Wildman–Crippen LogP) is 4.74. The first-order chi connectivity index (χ1) is 11.8. The highest BCUT2D eigenvalue weighted by Crippen LogP contribution is 2.28. The second kappa shape index (κ2) is 8.22. The van der Waals surface area contributed by atoms with Gasteiger partial charge in [-0.05, 0) is 50.6 Å². The van der Waals surface area contributed by atoms with Crippen molar-refractivity contribution in [3.8, 4) is 0 Å². The van der Waals surface area contributed by atoms with Crippen LogP contribution in [0.15, 0.2) is 46.4 Å². The van der Waals surface area contributed by atoms with E-state index in [1.54, 1.807) is 20.8 Å². The first-order valence-corrected chi connectivity index (χ1v) is 7.60. The van der Waals surface area contributed by atoms with Gasteiger partial charge in [0.1, 0.15) is 5.60 Å². The summed E-state index contributed by atoms with van der Waals surface area (Å²) in [5, 5.41) is 1.82. The van der Waals surface area contributed by atoms with Crippen molar-refractivity contribution in [1.82, 2.24) is 0 Å². The minimum absolute atomic E-state index is 0.0700. The number of amidine groups is 2. The van der Waals surface area contributed by atoms with Gasteiger partial charge in [0.25, 0.3) is 0 Å². The van der Waals surface area contributed by atoms with Crippen LogP contribution in [0.4, 0.5) is 29.3 Å². The van der Waals surface area contributed by atoms with E-state index in [4.69, 9.17) is 22.1 Å². The Hall–Kier alpha value is -2.55. The Morgan fingerprint density at radius 2 is 1.92 bits per heavy atom. The largest absolute Gasteiger partial charge is 0.444 e. The number of hydrogen-bond acceptors (Lipinski definition) is 3. The summed E-state index contributed by atoms with van der Waals surface area (Å²) < 4.78 is 43.7. The van der Waals surface area contributed by atoms with E-state index in [2.05, 4.69) is 21.9 Å². The van der Waals surface area contributed by atoms with Gasteiger partial charge in [0.2, 0.25) is 0 Å². The van der Waals surface area contributed by atoms with Gasteiger partial charge < -0.3 is 10.5 Å². The van der Waals surface area contributed by atoms with Crippen molar-refractivity contribution >= 4 is 40.2 Å². The number of aliphatic imine (C=N–C) groups is 2. The van der Waals surface area contributed by atoms with Crippen LogP contribution in [0.1, 0.15) is 20.8 Å². The zero-order chi connectivity index (χ0) is 20.1. The fraction of sp³-hybridized carbons (Fsp3) is 0.312. The Kier molecular flexibility index (Phi) is 6.79. The van der Waals surface area contributed by atoms with Crippen LogP contribution in [0.25, 0.3) is 0 Å².